The van der Waals surface area contributed by atoms with Gasteiger partial charge in [0.25, 0.3) is 0 Å². The molecule has 0 amide bonds. The Bertz CT molecular complexity index is 395. The van der Waals surface area contributed by atoms with Crippen molar-refractivity contribution in [2.75, 3.05) is 11.6 Å². The van der Waals surface area contributed by atoms with Crippen molar-refractivity contribution in [1.29, 1.82) is 0 Å². The fourth-order valence-corrected chi connectivity index (χ4v) is 3.60. The van der Waals surface area contributed by atoms with E-state index >= 15 is 0 Å². The van der Waals surface area contributed by atoms with Crippen LogP contribution in [-0.2, 0) is 9.84 Å². The summed E-state index contributed by atoms with van der Waals surface area (Å²) in [5, 5.41) is 0.0590. The van der Waals surface area contributed by atoms with Gasteiger partial charge in [0.15, 0.2) is 14.9 Å². The van der Waals surface area contributed by atoms with Crippen LogP contribution >= 0.6 is 34.2 Å². The van der Waals surface area contributed by atoms with Crippen LogP contribution in [0.4, 0.5) is 0 Å². The second-order valence-corrected chi connectivity index (χ2v) is 5.75. The molecule has 0 fully saturated rings. The first-order valence-corrected chi connectivity index (χ1v) is 6.58. The summed E-state index contributed by atoms with van der Waals surface area (Å²) in [5.41, 5.74) is 0. The molecule has 1 aromatic rings. The molecular weight excluding hydrogens is 327 g/mol. The van der Waals surface area contributed by atoms with Crippen LogP contribution in [0.3, 0.4) is 0 Å². The molecule has 1 heterocycles. The number of hydrogen-bond donors (Lipinski definition) is 0. The van der Waals surface area contributed by atoms with Crippen molar-refractivity contribution < 1.29 is 8.42 Å². The van der Waals surface area contributed by atoms with E-state index in [2.05, 4.69) is 9.97 Å². The maximum absolute atomic E-state index is 11.5. The topological polar surface area (TPSA) is 59.9 Å². The number of sulfone groups is 1. The molecule has 0 aliphatic rings. The number of aromatic nitrogens is 2. The van der Waals surface area contributed by atoms with E-state index in [0.717, 1.165) is 0 Å². The molecule has 0 atom stereocenters. The maximum Gasteiger partial charge on any atom is 0.197 e. The van der Waals surface area contributed by atoms with Crippen LogP contribution in [0.1, 0.15) is 0 Å². The van der Waals surface area contributed by atoms with Gasteiger partial charge in [-0.1, -0.05) is 0 Å². The van der Waals surface area contributed by atoms with Gasteiger partial charge in [-0.05, 0) is 22.6 Å². The van der Waals surface area contributed by atoms with Crippen LogP contribution < -0.4 is 0 Å². The van der Waals surface area contributed by atoms with Crippen LogP contribution in [0.2, 0.25) is 0 Å². The number of nitrogens with zero attached hydrogens (tertiary/aromatic N) is 2. The molecule has 4 nitrogen and oxygen atoms in total. The first kappa shape index (κ1) is 11.1. The number of alkyl halides is 1. The molecule has 0 saturated heterocycles. The van der Waals surface area contributed by atoms with E-state index in [9.17, 15) is 8.42 Å². The van der Waals surface area contributed by atoms with E-state index in [4.69, 9.17) is 11.6 Å². The molecule has 0 bridgehead atoms. The summed E-state index contributed by atoms with van der Waals surface area (Å²) in [6.45, 7) is 0. The lowest BCUT2D eigenvalue weighted by molar-refractivity contribution is 0.592. The van der Waals surface area contributed by atoms with Gasteiger partial charge in [0, 0.05) is 12.1 Å². The van der Waals surface area contributed by atoms with Crippen molar-refractivity contribution in [2.45, 2.75) is 5.03 Å². The highest BCUT2D eigenvalue weighted by atomic mass is 127. The SMILES string of the molecule is O=S(=O)(CCCl)c1ncncc1I. The lowest BCUT2D eigenvalue weighted by atomic mass is 10.7. The monoisotopic (exact) mass is 332 g/mol. The Kier molecular flexibility index (Phi) is 3.87. The Morgan fingerprint density at radius 1 is 1.54 bits per heavy atom. The van der Waals surface area contributed by atoms with E-state index in [-0.39, 0.29) is 16.7 Å². The fraction of sp³-hybridized carbons (Fsp3) is 0.333. The van der Waals surface area contributed by atoms with Gasteiger partial charge in [-0.15, -0.1) is 11.6 Å². The maximum atomic E-state index is 11.5. The third-order valence-corrected chi connectivity index (χ3v) is 4.50. The van der Waals surface area contributed by atoms with E-state index in [1.807, 2.05) is 22.6 Å². The smallest absolute Gasteiger partial charge is 0.197 e. The van der Waals surface area contributed by atoms with Crippen molar-refractivity contribution in [3.05, 3.63) is 16.1 Å². The molecule has 0 spiro atoms. The number of hydrogen-bond acceptors (Lipinski definition) is 4. The van der Waals surface area contributed by atoms with Crippen LogP contribution in [0.25, 0.3) is 0 Å². The summed E-state index contributed by atoms with van der Waals surface area (Å²) in [7, 11) is -3.33. The van der Waals surface area contributed by atoms with Gasteiger partial charge in [-0.2, -0.15) is 0 Å². The summed E-state index contributed by atoms with van der Waals surface area (Å²) < 4.78 is 23.5. The van der Waals surface area contributed by atoms with Gasteiger partial charge in [0.05, 0.1) is 9.32 Å². The Balaban J connectivity index is 3.15. The Morgan fingerprint density at radius 3 is 2.77 bits per heavy atom. The van der Waals surface area contributed by atoms with Gasteiger partial charge >= 0.3 is 0 Å². The number of halogens is 2. The van der Waals surface area contributed by atoms with Crippen molar-refractivity contribution in [3.63, 3.8) is 0 Å². The Morgan fingerprint density at radius 2 is 2.23 bits per heavy atom. The first-order valence-electron chi connectivity index (χ1n) is 3.32. The quantitative estimate of drug-likeness (QED) is 0.472. The standard InChI is InChI=1S/C6H6ClIN2O2S/c7-1-2-13(11,12)6-5(8)3-9-4-10-6/h3-4H,1-2H2. The second kappa shape index (κ2) is 4.52. The lowest BCUT2D eigenvalue weighted by Gasteiger charge is -2.01. The summed E-state index contributed by atoms with van der Waals surface area (Å²) >= 11 is 7.24. The zero-order chi connectivity index (χ0) is 9.90. The third kappa shape index (κ3) is 2.75. The molecule has 13 heavy (non-hydrogen) atoms. The summed E-state index contributed by atoms with van der Waals surface area (Å²) in [4.78, 5) is 7.41. The minimum atomic E-state index is -3.33. The normalized spacial score (nSPS) is 11.5. The van der Waals surface area contributed by atoms with Crippen LogP contribution in [-0.4, -0.2) is 30.0 Å². The molecule has 1 aromatic heterocycles. The Labute approximate surface area is 94.8 Å². The molecule has 0 N–H and O–H groups in total. The van der Waals surface area contributed by atoms with Gasteiger partial charge < -0.3 is 0 Å². The molecule has 0 aliphatic carbocycles. The van der Waals surface area contributed by atoms with Crippen LogP contribution in [0.5, 0.6) is 0 Å². The van der Waals surface area contributed by atoms with E-state index in [1.54, 1.807) is 0 Å². The van der Waals surface area contributed by atoms with Gasteiger partial charge in [-0.25, -0.2) is 18.4 Å². The van der Waals surface area contributed by atoms with Crippen molar-refractivity contribution >= 4 is 44.0 Å². The summed E-state index contributed by atoms with van der Waals surface area (Å²) in [6, 6.07) is 0. The first-order chi connectivity index (χ1) is 6.08. The molecule has 72 valence electrons. The highest BCUT2D eigenvalue weighted by molar-refractivity contribution is 14.1. The fourth-order valence-electron chi connectivity index (χ4n) is 0.729. The highest BCUT2D eigenvalue weighted by Crippen LogP contribution is 2.14. The van der Waals surface area contributed by atoms with E-state index in [0.29, 0.717) is 3.57 Å². The van der Waals surface area contributed by atoms with E-state index in [1.165, 1.54) is 12.5 Å². The molecular formula is C6H6ClIN2O2S. The van der Waals surface area contributed by atoms with Gasteiger partial charge in [-0.3, -0.25) is 0 Å². The van der Waals surface area contributed by atoms with Crippen molar-refractivity contribution in [1.82, 2.24) is 9.97 Å². The van der Waals surface area contributed by atoms with Crippen molar-refractivity contribution in [3.8, 4) is 0 Å². The predicted molar refractivity (Wildman–Crippen MR) is 57.5 cm³/mol. The third-order valence-electron chi connectivity index (χ3n) is 1.27. The van der Waals surface area contributed by atoms with Gasteiger partial charge in [0.2, 0.25) is 0 Å². The van der Waals surface area contributed by atoms with Crippen LogP contribution in [0.15, 0.2) is 17.6 Å². The molecule has 0 saturated carbocycles. The molecule has 0 aromatic carbocycles. The minimum absolute atomic E-state index is 0.0590. The zero-order valence-electron chi connectivity index (χ0n) is 6.44. The average Bonchev–Trinajstić information content (AvgIpc) is 2.04. The highest BCUT2D eigenvalue weighted by Gasteiger charge is 2.18. The average molecular weight is 333 g/mol. The van der Waals surface area contributed by atoms with Crippen LogP contribution in [0, 0.1) is 3.57 Å². The molecule has 1 rings (SSSR count). The zero-order valence-corrected chi connectivity index (χ0v) is 10.2. The summed E-state index contributed by atoms with van der Waals surface area (Å²) in [5.74, 6) is -0.0238. The van der Waals surface area contributed by atoms with Gasteiger partial charge in [0.1, 0.15) is 6.33 Å². The minimum Gasteiger partial charge on any atom is -0.244 e. The molecule has 0 unspecified atom stereocenters. The molecule has 0 radical (unpaired) electrons. The van der Waals surface area contributed by atoms with E-state index < -0.39 is 9.84 Å². The molecule has 7 heteroatoms. The Hall–Kier alpha value is 0.0500. The van der Waals surface area contributed by atoms with Crippen molar-refractivity contribution in [2.24, 2.45) is 0 Å². The largest absolute Gasteiger partial charge is 0.244 e. The lowest BCUT2D eigenvalue weighted by Crippen LogP contribution is -2.11. The second-order valence-electron chi connectivity index (χ2n) is 2.18. The number of rotatable bonds is 3. The molecule has 0 aliphatic heterocycles. The predicted octanol–water partition coefficient (Wildman–Crippen LogP) is 1.09. The summed E-state index contributed by atoms with van der Waals surface area (Å²) in [6.07, 6.45) is 2.66.